The Labute approximate surface area is 195 Å². The number of aromatic amines is 1. The van der Waals surface area contributed by atoms with Crippen molar-refractivity contribution in [2.45, 2.75) is 32.8 Å². The number of benzene rings is 2. The second-order valence-corrected chi connectivity index (χ2v) is 8.33. The maximum Gasteiger partial charge on any atom is 0.304 e. The van der Waals surface area contributed by atoms with E-state index in [-0.39, 0.29) is 12.5 Å². The zero-order chi connectivity index (χ0) is 23.4. The van der Waals surface area contributed by atoms with E-state index in [1.54, 1.807) is 12.1 Å². The first-order chi connectivity index (χ1) is 15.9. The van der Waals surface area contributed by atoms with E-state index < -0.39 is 5.97 Å². The smallest absolute Gasteiger partial charge is 0.304 e. The van der Waals surface area contributed by atoms with Gasteiger partial charge in [-0.3, -0.25) is 4.79 Å². The van der Waals surface area contributed by atoms with Gasteiger partial charge in [0.05, 0.1) is 23.1 Å². The minimum atomic E-state index is -0.805. The van der Waals surface area contributed by atoms with Gasteiger partial charge in [-0.05, 0) is 56.6 Å². The van der Waals surface area contributed by atoms with Gasteiger partial charge < -0.3 is 24.7 Å². The summed E-state index contributed by atoms with van der Waals surface area (Å²) in [4.78, 5) is 18.5. The molecule has 4 rings (SSSR count). The van der Waals surface area contributed by atoms with Crippen molar-refractivity contribution >= 4 is 28.5 Å². The van der Waals surface area contributed by atoms with Gasteiger partial charge in [-0.25, -0.2) is 0 Å². The second-order valence-electron chi connectivity index (χ2n) is 7.92. The molecule has 0 saturated heterocycles. The van der Waals surface area contributed by atoms with Gasteiger partial charge in [0.25, 0.3) is 5.89 Å². The Bertz CT molecular complexity index is 1260. The molecule has 4 aromatic rings. The zero-order valence-corrected chi connectivity index (χ0v) is 19.1. The average molecular weight is 469 g/mol. The number of aromatic nitrogens is 3. The molecule has 0 radical (unpaired) electrons. The minimum Gasteiger partial charge on any atom is -0.489 e. The molecular weight excluding hydrogens is 444 g/mol. The summed E-state index contributed by atoms with van der Waals surface area (Å²) in [5.74, 6) is 0.647. The summed E-state index contributed by atoms with van der Waals surface area (Å²) in [7, 11) is 0. The third-order valence-electron chi connectivity index (χ3n) is 5.10. The molecule has 8 nitrogen and oxygen atoms in total. The van der Waals surface area contributed by atoms with Crippen molar-refractivity contribution in [3.05, 3.63) is 53.2 Å². The highest BCUT2D eigenvalue weighted by Crippen LogP contribution is 2.33. The molecule has 0 saturated carbocycles. The number of nitrogens with zero attached hydrogens (tertiary/aromatic N) is 2. The molecule has 0 amide bonds. The van der Waals surface area contributed by atoms with Gasteiger partial charge in [-0.1, -0.05) is 28.9 Å². The number of hydrogen-bond acceptors (Lipinski definition) is 6. The lowest BCUT2D eigenvalue weighted by molar-refractivity contribution is -0.136. The van der Waals surface area contributed by atoms with E-state index in [1.807, 2.05) is 44.3 Å². The molecule has 0 aliphatic heterocycles. The zero-order valence-electron chi connectivity index (χ0n) is 18.4. The van der Waals surface area contributed by atoms with Gasteiger partial charge in [0.1, 0.15) is 5.75 Å². The lowest BCUT2D eigenvalue weighted by atomic mass is 10.1. The lowest BCUT2D eigenvalue weighted by Gasteiger charge is -2.11. The highest BCUT2D eigenvalue weighted by molar-refractivity contribution is 6.32. The van der Waals surface area contributed by atoms with E-state index in [0.29, 0.717) is 41.1 Å². The minimum absolute atomic E-state index is 0.0232. The molecule has 0 atom stereocenters. The number of carbonyl (C=O) groups is 1. The van der Waals surface area contributed by atoms with Gasteiger partial charge in [-0.2, -0.15) is 4.98 Å². The molecule has 0 fully saturated rings. The number of para-hydroxylation sites is 1. The van der Waals surface area contributed by atoms with Crippen molar-refractivity contribution in [3.63, 3.8) is 0 Å². The SMILES string of the molecule is CC(C)Oc1ccc(-c2nc(-c3cccc4c(CCNCCC(=O)O)c[nH]c34)no2)cc1Cl. The van der Waals surface area contributed by atoms with E-state index in [1.165, 1.54) is 0 Å². The molecule has 0 aliphatic rings. The van der Waals surface area contributed by atoms with Gasteiger partial charge in [-0.15, -0.1) is 0 Å². The van der Waals surface area contributed by atoms with Crippen LogP contribution in [0.1, 0.15) is 25.8 Å². The van der Waals surface area contributed by atoms with Crippen LogP contribution in [-0.2, 0) is 11.2 Å². The maximum absolute atomic E-state index is 10.6. The van der Waals surface area contributed by atoms with Crippen molar-refractivity contribution in [1.29, 1.82) is 0 Å². The summed E-state index contributed by atoms with van der Waals surface area (Å²) in [6, 6.07) is 11.3. The first-order valence-electron chi connectivity index (χ1n) is 10.7. The topological polar surface area (TPSA) is 113 Å². The molecule has 2 aromatic carbocycles. The molecule has 2 aromatic heterocycles. The van der Waals surface area contributed by atoms with Crippen LogP contribution in [0.4, 0.5) is 0 Å². The van der Waals surface area contributed by atoms with Crippen LogP contribution in [0.2, 0.25) is 5.02 Å². The van der Waals surface area contributed by atoms with Crippen LogP contribution in [-0.4, -0.2) is 45.4 Å². The van der Waals surface area contributed by atoms with Crippen LogP contribution in [0.3, 0.4) is 0 Å². The number of fused-ring (bicyclic) bond motifs is 1. The number of ether oxygens (including phenoxy) is 1. The van der Waals surface area contributed by atoms with Crippen molar-refractivity contribution in [3.8, 4) is 28.6 Å². The van der Waals surface area contributed by atoms with Crippen LogP contribution in [0.25, 0.3) is 33.7 Å². The standard InChI is InChI=1S/C24H25ClN4O4/c1-14(2)32-20-7-6-15(12-19(20)25)24-28-23(29-33-24)18-5-3-4-17-16(13-27-22(17)18)8-10-26-11-9-21(30)31/h3-7,12-14,26-27H,8-11H2,1-2H3,(H,30,31). The van der Waals surface area contributed by atoms with Gasteiger partial charge in [0.15, 0.2) is 0 Å². The predicted octanol–water partition coefficient (Wildman–Crippen LogP) is 4.93. The Balaban J connectivity index is 1.53. The van der Waals surface area contributed by atoms with Gasteiger partial charge >= 0.3 is 5.97 Å². The fraction of sp³-hybridized carbons (Fsp3) is 0.292. The van der Waals surface area contributed by atoms with Crippen molar-refractivity contribution < 1.29 is 19.2 Å². The highest BCUT2D eigenvalue weighted by atomic mass is 35.5. The number of nitrogens with one attached hydrogen (secondary N) is 2. The molecule has 33 heavy (non-hydrogen) atoms. The maximum atomic E-state index is 10.6. The third kappa shape index (κ3) is 5.35. The van der Waals surface area contributed by atoms with E-state index in [2.05, 4.69) is 20.4 Å². The highest BCUT2D eigenvalue weighted by Gasteiger charge is 2.16. The van der Waals surface area contributed by atoms with Crippen LogP contribution in [0.15, 0.2) is 47.1 Å². The quantitative estimate of drug-likeness (QED) is 0.283. The van der Waals surface area contributed by atoms with Crippen LogP contribution < -0.4 is 10.1 Å². The summed E-state index contributed by atoms with van der Waals surface area (Å²) in [6.07, 6.45) is 2.86. The number of carboxylic acids is 1. The van der Waals surface area contributed by atoms with Crippen LogP contribution in [0.5, 0.6) is 5.75 Å². The van der Waals surface area contributed by atoms with E-state index in [0.717, 1.165) is 28.5 Å². The van der Waals surface area contributed by atoms with Crippen LogP contribution in [0, 0.1) is 0 Å². The predicted molar refractivity (Wildman–Crippen MR) is 127 cm³/mol. The van der Waals surface area contributed by atoms with E-state index >= 15 is 0 Å². The van der Waals surface area contributed by atoms with E-state index in [9.17, 15) is 4.79 Å². The molecule has 9 heteroatoms. The number of rotatable bonds is 10. The van der Waals surface area contributed by atoms with E-state index in [4.69, 9.17) is 26.0 Å². The molecular formula is C24H25ClN4O4. The monoisotopic (exact) mass is 468 g/mol. The normalized spacial score (nSPS) is 11.4. The Hall–Kier alpha value is -3.36. The van der Waals surface area contributed by atoms with Gasteiger partial charge in [0.2, 0.25) is 5.82 Å². The summed E-state index contributed by atoms with van der Waals surface area (Å²) in [5.41, 5.74) is 3.59. The van der Waals surface area contributed by atoms with Crippen molar-refractivity contribution in [2.24, 2.45) is 0 Å². The lowest BCUT2D eigenvalue weighted by Crippen LogP contribution is -2.20. The van der Waals surface area contributed by atoms with Crippen molar-refractivity contribution in [2.75, 3.05) is 13.1 Å². The molecule has 3 N–H and O–H groups in total. The summed E-state index contributed by atoms with van der Waals surface area (Å²) in [6.45, 7) is 5.02. The summed E-state index contributed by atoms with van der Waals surface area (Å²) in [5, 5.41) is 17.6. The third-order valence-corrected chi connectivity index (χ3v) is 5.39. The molecule has 0 aliphatic carbocycles. The number of carboxylic acid groups (broad SMARTS) is 1. The Morgan fingerprint density at radius 1 is 1.27 bits per heavy atom. The first-order valence-corrected chi connectivity index (χ1v) is 11.1. The summed E-state index contributed by atoms with van der Waals surface area (Å²) < 4.78 is 11.2. The summed E-state index contributed by atoms with van der Waals surface area (Å²) >= 11 is 6.35. The largest absolute Gasteiger partial charge is 0.489 e. The molecule has 0 spiro atoms. The Morgan fingerprint density at radius 3 is 2.88 bits per heavy atom. The number of H-pyrrole nitrogens is 1. The molecule has 2 heterocycles. The van der Waals surface area contributed by atoms with Crippen molar-refractivity contribution in [1.82, 2.24) is 20.4 Å². The molecule has 0 bridgehead atoms. The van der Waals surface area contributed by atoms with Crippen LogP contribution >= 0.6 is 11.6 Å². The Morgan fingerprint density at radius 2 is 2.12 bits per heavy atom. The number of hydrogen-bond donors (Lipinski definition) is 3. The first kappa shape index (κ1) is 22.8. The number of halogens is 1. The second kappa shape index (κ2) is 10.1. The average Bonchev–Trinajstić information content (AvgIpc) is 3.42. The van der Waals surface area contributed by atoms with Gasteiger partial charge in [0, 0.05) is 29.3 Å². The fourth-order valence-electron chi connectivity index (χ4n) is 3.58. The molecule has 0 unspecified atom stereocenters. The molecule has 172 valence electrons. The fourth-order valence-corrected chi connectivity index (χ4v) is 3.81. The number of aliphatic carboxylic acids is 1. The Kier molecular flexibility index (Phi) is 6.96.